The molecule has 1 aromatic rings. The maximum atomic E-state index is 12.1. The molecule has 0 unspecified atom stereocenters. The molecule has 2 rings (SSSR count). The molecule has 1 aliphatic rings. The second-order valence-electron chi connectivity index (χ2n) is 4.73. The number of methoxy groups -OCH3 is 1. The van der Waals surface area contributed by atoms with Crippen molar-refractivity contribution in [1.29, 1.82) is 0 Å². The van der Waals surface area contributed by atoms with Crippen LogP contribution in [0.15, 0.2) is 30.3 Å². The van der Waals surface area contributed by atoms with Crippen LogP contribution in [0.3, 0.4) is 0 Å². The molecule has 0 radical (unpaired) electrons. The summed E-state index contributed by atoms with van der Waals surface area (Å²) >= 11 is 0.927. The van der Waals surface area contributed by atoms with E-state index in [1.54, 1.807) is 24.3 Å². The lowest BCUT2D eigenvalue weighted by Crippen LogP contribution is -2.47. The monoisotopic (exact) mass is 314 g/mol. The molecule has 7 heteroatoms. The van der Waals surface area contributed by atoms with E-state index < -0.39 is 30.7 Å². The first-order valence-electron chi connectivity index (χ1n) is 6.46. The average molecular weight is 314 g/mol. The van der Waals surface area contributed by atoms with Crippen LogP contribution in [0, 0.1) is 0 Å². The first-order valence-corrected chi connectivity index (χ1v) is 7.45. The molecular formula is C14H18O6S. The molecule has 0 amide bonds. The Bertz CT molecular complexity index is 482. The number of ether oxygens (including phenoxy) is 2. The standard InChI is InChI=1S/C14H18O6S/c1-19-14(12(17)11(16)10(7-15)20-14)8-21-13(18)9-5-3-2-4-6-9/h2-6,10-12,15-17H,7-8H2,1H3/t10-,11-,12-,14+/m1/s1. The summed E-state index contributed by atoms with van der Waals surface area (Å²) in [5.74, 6) is -1.51. The largest absolute Gasteiger partial charge is 0.394 e. The van der Waals surface area contributed by atoms with Crippen LogP contribution in [-0.4, -0.2) is 64.0 Å². The number of thioether (sulfide) groups is 1. The molecule has 0 bridgehead atoms. The number of aliphatic hydroxyl groups excluding tert-OH is 3. The number of benzene rings is 1. The highest BCUT2D eigenvalue weighted by atomic mass is 32.2. The van der Waals surface area contributed by atoms with Gasteiger partial charge in [0.1, 0.15) is 18.3 Å². The van der Waals surface area contributed by atoms with Gasteiger partial charge in [-0.1, -0.05) is 42.1 Å². The maximum absolute atomic E-state index is 12.1. The maximum Gasteiger partial charge on any atom is 0.219 e. The molecule has 4 atom stereocenters. The predicted octanol–water partition coefficient (Wildman–Crippen LogP) is 0.0156. The quantitative estimate of drug-likeness (QED) is 0.705. The van der Waals surface area contributed by atoms with Crippen molar-refractivity contribution in [3.8, 4) is 0 Å². The third kappa shape index (κ3) is 3.28. The van der Waals surface area contributed by atoms with E-state index in [2.05, 4.69) is 0 Å². The van der Waals surface area contributed by atoms with Crippen molar-refractivity contribution in [3.63, 3.8) is 0 Å². The van der Waals surface area contributed by atoms with Crippen molar-refractivity contribution < 1.29 is 29.6 Å². The number of aliphatic hydroxyl groups is 3. The minimum Gasteiger partial charge on any atom is -0.394 e. The van der Waals surface area contributed by atoms with E-state index in [9.17, 15) is 15.0 Å². The van der Waals surface area contributed by atoms with Crippen molar-refractivity contribution in [3.05, 3.63) is 35.9 Å². The summed E-state index contributed by atoms with van der Waals surface area (Å²) in [6, 6.07) is 8.70. The van der Waals surface area contributed by atoms with Crippen LogP contribution in [0.1, 0.15) is 10.4 Å². The van der Waals surface area contributed by atoms with Crippen molar-refractivity contribution >= 4 is 16.9 Å². The molecule has 1 fully saturated rings. The molecule has 1 saturated heterocycles. The van der Waals surface area contributed by atoms with Gasteiger partial charge >= 0.3 is 0 Å². The summed E-state index contributed by atoms with van der Waals surface area (Å²) in [6.07, 6.45) is -3.54. The normalized spacial score (nSPS) is 32.3. The van der Waals surface area contributed by atoms with Gasteiger partial charge in [-0.25, -0.2) is 0 Å². The lowest BCUT2D eigenvalue weighted by molar-refractivity contribution is -0.231. The van der Waals surface area contributed by atoms with Crippen LogP contribution in [0.25, 0.3) is 0 Å². The topological polar surface area (TPSA) is 96.2 Å². The van der Waals surface area contributed by atoms with Crippen molar-refractivity contribution in [1.82, 2.24) is 0 Å². The number of hydrogen-bond acceptors (Lipinski definition) is 7. The summed E-state index contributed by atoms with van der Waals surface area (Å²) in [6.45, 7) is -0.444. The van der Waals surface area contributed by atoms with E-state index in [1.807, 2.05) is 6.07 Å². The van der Waals surface area contributed by atoms with Crippen LogP contribution in [0.2, 0.25) is 0 Å². The van der Waals surface area contributed by atoms with Crippen molar-refractivity contribution in [2.75, 3.05) is 19.5 Å². The smallest absolute Gasteiger partial charge is 0.219 e. The van der Waals surface area contributed by atoms with Gasteiger partial charge in [0.2, 0.25) is 10.9 Å². The second-order valence-corrected chi connectivity index (χ2v) is 5.68. The van der Waals surface area contributed by atoms with E-state index in [1.165, 1.54) is 7.11 Å². The Morgan fingerprint density at radius 2 is 2.05 bits per heavy atom. The number of hydrogen-bond donors (Lipinski definition) is 3. The van der Waals surface area contributed by atoms with Crippen LogP contribution >= 0.6 is 11.8 Å². The van der Waals surface area contributed by atoms with E-state index >= 15 is 0 Å². The molecule has 1 aromatic carbocycles. The Hall–Kier alpha value is -0.960. The number of carbonyl (C=O) groups excluding carboxylic acids is 1. The molecule has 0 saturated carbocycles. The van der Waals surface area contributed by atoms with Gasteiger partial charge < -0.3 is 24.8 Å². The molecule has 0 aliphatic carbocycles. The van der Waals surface area contributed by atoms with Gasteiger partial charge in [0.25, 0.3) is 0 Å². The summed E-state index contributed by atoms with van der Waals surface area (Å²) in [5.41, 5.74) is 0.528. The summed E-state index contributed by atoms with van der Waals surface area (Å²) < 4.78 is 10.6. The Morgan fingerprint density at radius 1 is 1.38 bits per heavy atom. The second kappa shape index (κ2) is 6.87. The summed E-state index contributed by atoms with van der Waals surface area (Å²) in [7, 11) is 1.32. The Kier molecular flexibility index (Phi) is 5.37. The Balaban J connectivity index is 2.05. The third-order valence-electron chi connectivity index (χ3n) is 3.45. The van der Waals surface area contributed by atoms with Gasteiger partial charge in [0.05, 0.1) is 12.4 Å². The number of rotatable bonds is 5. The first kappa shape index (κ1) is 16.4. The molecule has 21 heavy (non-hydrogen) atoms. The zero-order valence-electron chi connectivity index (χ0n) is 11.5. The van der Waals surface area contributed by atoms with Gasteiger partial charge in [-0.3, -0.25) is 4.79 Å². The van der Waals surface area contributed by atoms with Crippen LogP contribution in [0.5, 0.6) is 0 Å². The van der Waals surface area contributed by atoms with E-state index in [-0.39, 0.29) is 10.9 Å². The fraction of sp³-hybridized carbons (Fsp3) is 0.500. The van der Waals surface area contributed by atoms with Crippen LogP contribution < -0.4 is 0 Å². The summed E-state index contributed by atoms with van der Waals surface area (Å²) in [4.78, 5) is 12.1. The Labute approximate surface area is 126 Å². The van der Waals surface area contributed by atoms with Crippen LogP contribution in [-0.2, 0) is 9.47 Å². The molecule has 1 heterocycles. The average Bonchev–Trinajstić information content (AvgIpc) is 2.78. The zero-order valence-corrected chi connectivity index (χ0v) is 12.3. The SMILES string of the molecule is CO[C@@]1(CSC(=O)c2ccccc2)O[C@H](CO)[C@@H](O)[C@H]1O. The minimum atomic E-state index is -1.51. The third-order valence-corrected chi connectivity index (χ3v) is 4.49. The lowest BCUT2D eigenvalue weighted by atomic mass is 10.1. The molecule has 6 nitrogen and oxygen atoms in total. The van der Waals surface area contributed by atoms with Crippen LogP contribution in [0.4, 0.5) is 0 Å². The molecule has 0 aromatic heterocycles. The van der Waals surface area contributed by atoms with Gasteiger partial charge in [0, 0.05) is 12.7 Å². The predicted molar refractivity (Wildman–Crippen MR) is 76.9 cm³/mol. The van der Waals surface area contributed by atoms with Crippen molar-refractivity contribution in [2.45, 2.75) is 24.1 Å². The van der Waals surface area contributed by atoms with Gasteiger partial charge in [0.15, 0.2) is 0 Å². The van der Waals surface area contributed by atoms with E-state index in [0.717, 1.165) is 11.8 Å². The van der Waals surface area contributed by atoms with Crippen molar-refractivity contribution in [2.24, 2.45) is 0 Å². The molecule has 1 aliphatic heterocycles. The Morgan fingerprint density at radius 3 is 2.57 bits per heavy atom. The highest BCUT2D eigenvalue weighted by Gasteiger charge is 2.54. The minimum absolute atomic E-state index is 0.00591. The number of carbonyl (C=O) groups is 1. The van der Waals surface area contributed by atoms with Gasteiger partial charge in [-0.05, 0) is 0 Å². The lowest BCUT2D eigenvalue weighted by Gasteiger charge is -2.29. The fourth-order valence-electron chi connectivity index (χ4n) is 2.18. The zero-order chi connectivity index (χ0) is 15.5. The molecule has 0 spiro atoms. The van der Waals surface area contributed by atoms with Gasteiger partial charge in [-0.2, -0.15) is 0 Å². The fourth-order valence-corrected chi connectivity index (χ4v) is 3.17. The highest BCUT2D eigenvalue weighted by molar-refractivity contribution is 8.14. The molecular weight excluding hydrogens is 296 g/mol. The van der Waals surface area contributed by atoms with Gasteiger partial charge in [-0.15, -0.1) is 0 Å². The highest BCUT2D eigenvalue weighted by Crippen LogP contribution is 2.35. The molecule has 116 valence electrons. The first-order chi connectivity index (χ1) is 10.0. The molecule has 3 N–H and O–H groups in total. The summed E-state index contributed by atoms with van der Waals surface area (Å²) in [5, 5.41) is 28.8. The van der Waals surface area contributed by atoms with E-state index in [4.69, 9.17) is 14.6 Å². The van der Waals surface area contributed by atoms with E-state index in [0.29, 0.717) is 5.56 Å².